The minimum atomic E-state index is -0.174. The molecular formula is C76H59N. The van der Waals surface area contributed by atoms with Gasteiger partial charge in [-0.25, -0.2) is 0 Å². The average molecular weight is 986 g/mol. The van der Waals surface area contributed by atoms with Crippen molar-refractivity contribution < 1.29 is 0 Å². The van der Waals surface area contributed by atoms with Crippen LogP contribution in [0, 0.1) is 0 Å². The normalized spacial score (nSPS) is 15.9. The van der Waals surface area contributed by atoms with Crippen molar-refractivity contribution in [3.8, 4) is 55.6 Å². The standard InChI is InChI=1S/C76H59N/c1-73(2)63-32-30-57-59-36-46-18-12-14-20-48(46)40-65(59)75(5,6)71(57)69(63)61-38-50-24-28-55(34-52(50)42-67(61)73)77(54-26-22-45(23-27-54)44-16-10-9-11-17-44)56-29-25-51-39-62-68(43-53(51)35-56)74(3,4)64-33-31-58-60-37-47-19-13-15-21-49(47)41-66(60)76(7,8)72(58)70(62)64/h9-43H,1-8H3. The topological polar surface area (TPSA) is 3.24 Å². The lowest BCUT2D eigenvalue weighted by Gasteiger charge is -2.27. The minimum Gasteiger partial charge on any atom is -0.310 e. The molecule has 0 heterocycles. The summed E-state index contributed by atoms with van der Waals surface area (Å²) in [5.74, 6) is 0. The zero-order valence-corrected chi connectivity index (χ0v) is 45.2. The summed E-state index contributed by atoms with van der Waals surface area (Å²) in [7, 11) is 0. The number of rotatable bonds is 4. The van der Waals surface area contributed by atoms with Crippen LogP contribution < -0.4 is 4.90 Å². The third-order valence-electron chi connectivity index (χ3n) is 19.3. The van der Waals surface area contributed by atoms with Crippen molar-refractivity contribution in [2.75, 3.05) is 4.90 Å². The molecule has 0 aromatic heterocycles. The van der Waals surface area contributed by atoms with Gasteiger partial charge in [0.15, 0.2) is 0 Å². The van der Waals surface area contributed by atoms with Crippen LogP contribution in [0.4, 0.5) is 17.1 Å². The molecule has 1 heteroatoms. The molecule has 0 saturated heterocycles. The lowest BCUT2D eigenvalue weighted by atomic mass is 9.77. The summed E-state index contributed by atoms with van der Waals surface area (Å²) in [6.45, 7) is 19.5. The van der Waals surface area contributed by atoms with Gasteiger partial charge in [0.2, 0.25) is 0 Å². The summed E-state index contributed by atoms with van der Waals surface area (Å²) >= 11 is 0. The quantitative estimate of drug-likeness (QED) is 0.170. The van der Waals surface area contributed by atoms with Crippen LogP contribution in [0.2, 0.25) is 0 Å². The summed E-state index contributed by atoms with van der Waals surface area (Å²) in [6.07, 6.45) is 0. The molecule has 0 atom stereocenters. The highest BCUT2D eigenvalue weighted by Crippen LogP contribution is 2.62. The lowest BCUT2D eigenvalue weighted by Crippen LogP contribution is -2.18. The first kappa shape index (κ1) is 44.7. The van der Waals surface area contributed by atoms with Gasteiger partial charge in [0.1, 0.15) is 0 Å². The third-order valence-corrected chi connectivity index (χ3v) is 19.3. The van der Waals surface area contributed by atoms with Crippen LogP contribution in [0.1, 0.15) is 99.9 Å². The van der Waals surface area contributed by atoms with Crippen molar-refractivity contribution in [2.45, 2.75) is 77.0 Å². The van der Waals surface area contributed by atoms with Crippen molar-refractivity contribution in [2.24, 2.45) is 0 Å². The Balaban J connectivity index is 0.836. The van der Waals surface area contributed by atoms with Crippen LogP contribution >= 0.6 is 0 Å². The van der Waals surface area contributed by atoms with Gasteiger partial charge in [-0.2, -0.15) is 0 Å². The van der Waals surface area contributed by atoms with Gasteiger partial charge >= 0.3 is 0 Å². The van der Waals surface area contributed by atoms with Crippen molar-refractivity contribution in [3.05, 3.63) is 257 Å². The number of benzene rings is 12. The van der Waals surface area contributed by atoms with Crippen molar-refractivity contribution in [1.29, 1.82) is 0 Å². The second kappa shape index (κ2) is 15.1. The highest BCUT2D eigenvalue weighted by atomic mass is 15.1. The molecular weight excluding hydrogens is 927 g/mol. The molecule has 0 fully saturated rings. The van der Waals surface area contributed by atoms with Crippen LogP contribution in [-0.2, 0) is 21.7 Å². The summed E-state index contributed by atoms with van der Waals surface area (Å²) in [5, 5.41) is 10.2. The molecule has 0 saturated carbocycles. The Bertz CT molecular complexity index is 4350. The molecule has 4 aliphatic carbocycles. The molecule has 77 heavy (non-hydrogen) atoms. The molecule has 0 spiro atoms. The molecule has 0 radical (unpaired) electrons. The average Bonchev–Trinajstić information content (AvgIpc) is 4.11. The van der Waals surface area contributed by atoms with E-state index in [4.69, 9.17) is 0 Å². The highest BCUT2D eigenvalue weighted by Gasteiger charge is 2.47. The molecule has 4 aliphatic rings. The van der Waals surface area contributed by atoms with E-state index in [9.17, 15) is 0 Å². The van der Waals surface area contributed by atoms with Crippen LogP contribution in [0.15, 0.2) is 212 Å². The van der Waals surface area contributed by atoms with Gasteiger partial charge in [0.25, 0.3) is 0 Å². The molecule has 0 bridgehead atoms. The summed E-state index contributed by atoms with van der Waals surface area (Å²) in [4.78, 5) is 2.47. The molecule has 368 valence electrons. The van der Waals surface area contributed by atoms with Crippen molar-refractivity contribution in [3.63, 3.8) is 0 Å². The fourth-order valence-electron chi connectivity index (χ4n) is 15.3. The Kier molecular flexibility index (Phi) is 8.78. The monoisotopic (exact) mass is 985 g/mol. The van der Waals surface area contributed by atoms with E-state index in [0.717, 1.165) is 17.1 Å². The number of nitrogens with zero attached hydrogens (tertiary/aromatic N) is 1. The van der Waals surface area contributed by atoms with E-state index in [0.29, 0.717) is 0 Å². The van der Waals surface area contributed by atoms with E-state index >= 15 is 0 Å². The predicted molar refractivity (Wildman–Crippen MR) is 327 cm³/mol. The van der Waals surface area contributed by atoms with E-state index in [2.05, 4.69) is 273 Å². The Morgan fingerprint density at radius 2 is 0.584 bits per heavy atom. The minimum absolute atomic E-state index is 0.147. The molecule has 12 aromatic rings. The molecule has 0 unspecified atom stereocenters. The van der Waals surface area contributed by atoms with Crippen molar-refractivity contribution in [1.82, 2.24) is 0 Å². The third kappa shape index (κ3) is 6.01. The Morgan fingerprint density at radius 3 is 1.04 bits per heavy atom. The maximum atomic E-state index is 2.52. The number of hydrogen-bond donors (Lipinski definition) is 0. The second-order valence-corrected chi connectivity index (χ2v) is 24.9. The van der Waals surface area contributed by atoms with Crippen LogP contribution in [0.25, 0.3) is 98.7 Å². The number of anilines is 3. The van der Waals surface area contributed by atoms with Gasteiger partial charge in [-0.3, -0.25) is 0 Å². The first-order valence-corrected chi connectivity index (χ1v) is 27.7. The first-order valence-electron chi connectivity index (χ1n) is 27.7. The summed E-state index contributed by atoms with van der Waals surface area (Å²) < 4.78 is 0. The van der Waals surface area contributed by atoms with Crippen LogP contribution in [0.5, 0.6) is 0 Å². The van der Waals surface area contributed by atoms with E-state index in [1.807, 2.05) is 0 Å². The maximum absolute atomic E-state index is 2.52. The van der Waals surface area contributed by atoms with E-state index in [1.54, 1.807) is 0 Å². The second-order valence-electron chi connectivity index (χ2n) is 24.9. The molecule has 16 rings (SSSR count). The molecule has 12 aromatic carbocycles. The highest BCUT2D eigenvalue weighted by molar-refractivity contribution is 6.05. The number of hydrogen-bond acceptors (Lipinski definition) is 1. The summed E-state index contributed by atoms with van der Waals surface area (Å²) in [6, 6.07) is 81.4. The fraction of sp³-hybridized carbons (Fsp3) is 0.158. The van der Waals surface area contributed by atoms with Gasteiger partial charge in [-0.05, 0) is 228 Å². The Labute approximate surface area is 452 Å². The van der Waals surface area contributed by atoms with Crippen LogP contribution in [0.3, 0.4) is 0 Å². The van der Waals surface area contributed by atoms with E-state index in [-0.39, 0.29) is 21.7 Å². The smallest absolute Gasteiger partial charge is 0.0468 e. The first-order chi connectivity index (χ1) is 37.2. The zero-order chi connectivity index (χ0) is 52.1. The van der Waals surface area contributed by atoms with Gasteiger partial charge in [0.05, 0.1) is 0 Å². The van der Waals surface area contributed by atoms with Gasteiger partial charge in [0, 0.05) is 38.7 Å². The predicted octanol–water partition coefficient (Wildman–Crippen LogP) is 20.7. The van der Waals surface area contributed by atoms with Gasteiger partial charge < -0.3 is 4.90 Å². The lowest BCUT2D eigenvalue weighted by molar-refractivity contribution is 0.648. The molecule has 0 aliphatic heterocycles. The van der Waals surface area contributed by atoms with Crippen LogP contribution in [-0.4, -0.2) is 0 Å². The van der Waals surface area contributed by atoms with Gasteiger partial charge in [-0.1, -0.05) is 183 Å². The summed E-state index contributed by atoms with van der Waals surface area (Å²) in [5.41, 5.74) is 27.7. The van der Waals surface area contributed by atoms with E-state index in [1.165, 1.54) is 143 Å². The molecule has 0 N–H and O–H groups in total. The fourth-order valence-corrected chi connectivity index (χ4v) is 15.3. The Morgan fingerprint density at radius 1 is 0.234 bits per heavy atom. The maximum Gasteiger partial charge on any atom is 0.0468 e. The zero-order valence-electron chi connectivity index (χ0n) is 45.2. The van der Waals surface area contributed by atoms with Crippen molar-refractivity contribution >= 4 is 60.2 Å². The SMILES string of the molecule is CC1(C)c2cc3cc(N(c4ccc(-c5ccccc5)cc4)c4ccc5cc6c(cc5c4)C(C)(C)c4ccc5c(c4-6)C(C)(C)c4cc6ccccc6cc4-5)ccc3cc2-c2c1ccc1c2C(C)(C)c2cc3ccccc3cc2-1. The molecule has 0 amide bonds. The molecule has 1 nitrogen and oxygen atoms in total. The largest absolute Gasteiger partial charge is 0.310 e. The Hall–Kier alpha value is -8.52. The van der Waals surface area contributed by atoms with E-state index < -0.39 is 0 Å². The van der Waals surface area contributed by atoms with Gasteiger partial charge in [-0.15, -0.1) is 0 Å². The number of fused-ring (bicyclic) bond motifs is 18.